The molecule has 0 atom stereocenters. The molecule has 3 aromatic rings. The van der Waals surface area contributed by atoms with Crippen molar-refractivity contribution in [2.75, 3.05) is 42.8 Å². The smallest absolute Gasteiger partial charge is 0.253 e. The molecule has 160 valence electrons. The lowest BCUT2D eigenvalue weighted by Crippen LogP contribution is -2.19. The van der Waals surface area contributed by atoms with Crippen molar-refractivity contribution < 1.29 is 9.53 Å². The molecule has 1 aromatic heterocycles. The van der Waals surface area contributed by atoms with Gasteiger partial charge in [0.15, 0.2) is 5.82 Å². The van der Waals surface area contributed by atoms with E-state index in [1.54, 1.807) is 25.2 Å². The van der Waals surface area contributed by atoms with Gasteiger partial charge in [0.05, 0.1) is 29.7 Å². The number of hydrogen-bond donors (Lipinski definition) is 3. The van der Waals surface area contributed by atoms with Gasteiger partial charge in [0.1, 0.15) is 10.8 Å². The topological polar surface area (TPSA) is 91.4 Å². The number of fused-ring (bicyclic) bond motifs is 1. The third-order valence-electron chi connectivity index (χ3n) is 4.92. The summed E-state index contributed by atoms with van der Waals surface area (Å²) in [6, 6.07) is 13.0. The predicted octanol–water partition coefficient (Wildman–Crippen LogP) is 4.20. The number of carbonyl (C=O) groups excluding carboxylic acids is 1. The van der Waals surface area contributed by atoms with Crippen molar-refractivity contribution in [3.63, 3.8) is 0 Å². The molecule has 9 heteroatoms. The first kappa shape index (κ1) is 20.7. The first-order valence-electron chi connectivity index (χ1n) is 9.91. The van der Waals surface area contributed by atoms with Crippen LogP contribution in [0.5, 0.6) is 5.75 Å². The fourth-order valence-corrected chi connectivity index (χ4v) is 3.45. The number of amides is 1. The van der Waals surface area contributed by atoms with Crippen LogP contribution in [0, 0.1) is 0 Å². The number of benzene rings is 2. The lowest BCUT2D eigenvalue weighted by molar-refractivity contribution is 0.0964. The van der Waals surface area contributed by atoms with Crippen LogP contribution in [-0.4, -0.2) is 43.1 Å². The maximum atomic E-state index is 12.1. The number of para-hydroxylation sites is 1. The van der Waals surface area contributed by atoms with E-state index >= 15 is 0 Å². The Morgan fingerprint density at radius 3 is 2.87 bits per heavy atom. The molecule has 1 amide bonds. The van der Waals surface area contributed by atoms with Crippen molar-refractivity contribution >= 4 is 46.3 Å². The minimum absolute atomic E-state index is 0.206. The van der Waals surface area contributed by atoms with Crippen molar-refractivity contribution in [3.8, 4) is 5.75 Å². The zero-order chi connectivity index (χ0) is 21.8. The zero-order valence-electron chi connectivity index (χ0n) is 17.3. The van der Waals surface area contributed by atoms with Gasteiger partial charge in [-0.05, 0) is 36.8 Å². The highest BCUT2D eigenvalue weighted by atomic mass is 35.5. The Hall–Kier alpha value is -3.52. The summed E-state index contributed by atoms with van der Waals surface area (Å²) in [6.07, 6.45) is 2.49. The average Bonchev–Trinajstić information content (AvgIpc) is 2.97. The Morgan fingerprint density at radius 1 is 1.19 bits per heavy atom. The van der Waals surface area contributed by atoms with Gasteiger partial charge in [0, 0.05) is 26.3 Å². The average molecular weight is 439 g/mol. The third kappa shape index (κ3) is 4.64. The fraction of sp³-hybridized carbons (Fsp3) is 0.227. The Bertz CT molecular complexity index is 1110. The van der Waals surface area contributed by atoms with Gasteiger partial charge in [0.25, 0.3) is 5.91 Å². The second kappa shape index (κ2) is 9.09. The van der Waals surface area contributed by atoms with Crippen molar-refractivity contribution in [2.24, 2.45) is 0 Å². The third-order valence-corrected chi connectivity index (χ3v) is 5.19. The van der Waals surface area contributed by atoms with E-state index in [1.165, 1.54) is 6.20 Å². The fourth-order valence-electron chi connectivity index (χ4n) is 3.32. The molecule has 2 heterocycles. The Balaban J connectivity index is 1.59. The van der Waals surface area contributed by atoms with E-state index in [2.05, 4.69) is 30.8 Å². The van der Waals surface area contributed by atoms with Crippen molar-refractivity contribution in [3.05, 3.63) is 59.2 Å². The number of aromatic nitrogens is 2. The Morgan fingerprint density at radius 2 is 2.03 bits per heavy atom. The Kier molecular flexibility index (Phi) is 6.08. The highest BCUT2D eigenvalue weighted by molar-refractivity contribution is 6.33. The van der Waals surface area contributed by atoms with Gasteiger partial charge in [0.2, 0.25) is 5.95 Å². The molecule has 1 aliphatic rings. The number of nitrogens with one attached hydrogen (secondary N) is 3. The molecule has 1 aliphatic heterocycles. The number of ether oxygens (including phenoxy) is 1. The van der Waals surface area contributed by atoms with Crippen molar-refractivity contribution in [2.45, 2.75) is 6.42 Å². The normalized spacial score (nSPS) is 12.9. The van der Waals surface area contributed by atoms with Crippen molar-refractivity contribution in [1.29, 1.82) is 0 Å². The molecule has 0 spiro atoms. The molecule has 0 bridgehead atoms. The predicted molar refractivity (Wildman–Crippen MR) is 123 cm³/mol. The second-order valence-corrected chi connectivity index (χ2v) is 7.48. The summed E-state index contributed by atoms with van der Waals surface area (Å²) >= 11 is 6.31. The molecule has 2 aromatic carbocycles. The van der Waals surface area contributed by atoms with Gasteiger partial charge in [-0.15, -0.1) is 0 Å². The minimum Gasteiger partial charge on any atom is -0.491 e. The van der Waals surface area contributed by atoms with Crippen LogP contribution in [0.25, 0.3) is 0 Å². The Labute approximate surface area is 185 Å². The van der Waals surface area contributed by atoms with Crippen LogP contribution in [0.3, 0.4) is 0 Å². The molecule has 0 saturated carbocycles. The first-order chi connectivity index (χ1) is 15.0. The SMILES string of the molecule is CNC(=O)c1ccccc1Nc1nc(Nc2ccc3c(c2)N(C)CCCO3)ncc1Cl. The largest absolute Gasteiger partial charge is 0.491 e. The van der Waals surface area contributed by atoms with E-state index in [9.17, 15) is 4.79 Å². The van der Waals surface area contributed by atoms with E-state index in [0.717, 1.165) is 30.1 Å². The number of halogens is 1. The summed E-state index contributed by atoms with van der Waals surface area (Å²) in [5.74, 6) is 1.42. The summed E-state index contributed by atoms with van der Waals surface area (Å²) in [4.78, 5) is 23.1. The summed E-state index contributed by atoms with van der Waals surface area (Å²) in [5, 5.41) is 9.32. The number of carbonyl (C=O) groups is 1. The maximum absolute atomic E-state index is 12.1. The minimum atomic E-state index is -0.206. The van der Waals surface area contributed by atoms with Gasteiger partial charge in [-0.25, -0.2) is 4.98 Å². The highest BCUT2D eigenvalue weighted by Crippen LogP contribution is 2.34. The summed E-state index contributed by atoms with van der Waals surface area (Å²) < 4.78 is 5.80. The van der Waals surface area contributed by atoms with Gasteiger partial charge < -0.3 is 25.6 Å². The number of anilines is 5. The van der Waals surface area contributed by atoms with E-state index < -0.39 is 0 Å². The number of hydrogen-bond acceptors (Lipinski definition) is 7. The molecule has 0 fully saturated rings. The number of rotatable bonds is 5. The molecule has 0 radical (unpaired) electrons. The van der Waals surface area contributed by atoms with Crippen LogP contribution >= 0.6 is 11.6 Å². The van der Waals surface area contributed by atoms with Crippen LogP contribution in [0.2, 0.25) is 5.02 Å². The van der Waals surface area contributed by atoms with Crippen LogP contribution in [0.4, 0.5) is 28.8 Å². The monoisotopic (exact) mass is 438 g/mol. The summed E-state index contributed by atoms with van der Waals surface area (Å²) in [7, 11) is 3.63. The van der Waals surface area contributed by atoms with Crippen LogP contribution in [-0.2, 0) is 0 Å². The summed E-state index contributed by atoms with van der Waals surface area (Å²) in [5.41, 5.74) is 2.92. The lowest BCUT2D eigenvalue weighted by Gasteiger charge is -2.19. The first-order valence-corrected chi connectivity index (χ1v) is 10.3. The number of nitrogens with zero attached hydrogens (tertiary/aromatic N) is 3. The lowest BCUT2D eigenvalue weighted by atomic mass is 10.1. The second-order valence-electron chi connectivity index (χ2n) is 7.07. The standard InChI is InChI=1S/C22H23ClN6O2/c1-24-21(30)15-6-3-4-7-17(15)27-20-16(23)13-25-22(28-20)26-14-8-9-19-18(12-14)29(2)10-5-11-31-19/h3-4,6-9,12-13H,5,10-11H2,1-2H3,(H,24,30)(H2,25,26,27,28). The molecule has 4 rings (SSSR count). The van der Waals surface area contributed by atoms with Gasteiger partial charge in [-0.1, -0.05) is 23.7 Å². The highest BCUT2D eigenvalue weighted by Gasteiger charge is 2.15. The van der Waals surface area contributed by atoms with Gasteiger partial charge in [-0.3, -0.25) is 4.79 Å². The molecule has 0 unspecified atom stereocenters. The molecule has 0 aliphatic carbocycles. The van der Waals surface area contributed by atoms with Crippen LogP contribution in [0.15, 0.2) is 48.7 Å². The zero-order valence-corrected chi connectivity index (χ0v) is 18.0. The van der Waals surface area contributed by atoms with E-state index in [1.807, 2.05) is 31.3 Å². The molecular weight excluding hydrogens is 416 g/mol. The van der Waals surface area contributed by atoms with E-state index in [4.69, 9.17) is 16.3 Å². The molecule has 8 nitrogen and oxygen atoms in total. The van der Waals surface area contributed by atoms with Crippen LogP contribution < -0.4 is 25.6 Å². The van der Waals surface area contributed by atoms with E-state index in [0.29, 0.717) is 34.6 Å². The van der Waals surface area contributed by atoms with E-state index in [-0.39, 0.29) is 5.91 Å². The molecule has 31 heavy (non-hydrogen) atoms. The maximum Gasteiger partial charge on any atom is 0.253 e. The van der Waals surface area contributed by atoms with Crippen LogP contribution in [0.1, 0.15) is 16.8 Å². The molecule has 3 N–H and O–H groups in total. The van der Waals surface area contributed by atoms with Gasteiger partial charge >= 0.3 is 0 Å². The van der Waals surface area contributed by atoms with Gasteiger partial charge in [-0.2, -0.15) is 4.98 Å². The van der Waals surface area contributed by atoms with Crippen molar-refractivity contribution in [1.82, 2.24) is 15.3 Å². The molecule has 0 saturated heterocycles. The molecular formula is C22H23ClN6O2. The quantitative estimate of drug-likeness (QED) is 0.550. The summed E-state index contributed by atoms with van der Waals surface area (Å²) in [6.45, 7) is 1.63.